The molecule has 0 aliphatic carbocycles. The topological polar surface area (TPSA) is 105 Å². The molecule has 1 rings (SSSR count). The summed E-state index contributed by atoms with van der Waals surface area (Å²) in [5, 5.41) is 11.3. The van der Waals surface area contributed by atoms with E-state index < -0.39 is 29.6 Å². The smallest absolute Gasteiger partial charge is 0.408 e. The molecule has 8 nitrogen and oxygen atoms in total. The van der Waals surface area contributed by atoms with Gasteiger partial charge < -0.3 is 24.8 Å². The second-order valence-corrected chi connectivity index (χ2v) is 6.89. The van der Waals surface area contributed by atoms with E-state index in [4.69, 9.17) is 9.84 Å². The fourth-order valence-corrected chi connectivity index (χ4v) is 2.00. The number of hydrogen-bond donors (Lipinski definition) is 2. The highest BCUT2D eigenvalue weighted by Crippen LogP contribution is 2.17. The normalized spacial score (nSPS) is 14.6. The summed E-state index contributed by atoms with van der Waals surface area (Å²) in [6.45, 7) is 17.6. The summed E-state index contributed by atoms with van der Waals surface area (Å²) in [6, 6.07) is -0.784. The minimum Gasteiger partial charge on any atom is -0.480 e. The van der Waals surface area contributed by atoms with Crippen molar-refractivity contribution in [1.29, 1.82) is 0 Å². The largest absolute Gasteiger partial charge is 0.480 e. The molecule has 172 valence electrons. The highest BCUT2D eigenvalue weighted by atomic mass is 16.6. The Bertz CT molecular complexity index is 461. The Morgan fingerprint density at radius 2 is 1.76 bits per heavy atom. The summed E-state index contributed by atoms with van der Waals surface area (Å²) in [5.41, 5.74) is -0.635. The number of rotatable bonds is 5. The van der Waals surface area contributed by atoms with Gasteiger partial charge in [0.2, 0.25) is 5.91 Å². The Labute approximate surface area is 176 Å². The molecule has 1 aliphatic heterocycles. The molecule has 1 heterocycles. The van der Waals surface area contributed by atoms with Crippen molar-refractivity contribution in [2.45, 2.75) is 79.4 Å². The number of carboxylic acid groups (broad SMARTS) is 1. The number of nitrogens with zero attached hydrogens (tertiary/aromatic N) is 1. The van der Waals surface area contributed by atoms with Crippen LogP contribution in [0.2, 0.25) is 0 Å². The molecule has 1 fully saturated rings. The van der Waals surface area contributed by atoms with Crippen LogP contribution in [0.1, 0.15) is 67.7 Å². The summed E-state index contributed by atoms with van der Waals surface area (Å²) in [5.74, 6) is -1.42. The monoisotopic (exact) mass is 418 g/mol. The van der Waals surface area contributed by atoms with Crippen molar-refractivity contribution < 1.29 is 29.0 Å². The van der Waals surface area contributed by atoms with E-state index in [2.05, 4.69) is 30.5 Å². The van der Waals surface area contributed by atoms with E-state index in [0.717, 1.165) is 0 Å². The lowest BCUT2D eigenvalue weighted by molar-refractivity contribution is -0.147. The molecule has 0 bridgehead atoms. The first kappa shape index (κ1) is 31.6. The summed E-state index contributed by atoms with van der Waals surface area (Å²) >= 11 is 0. The lowest BCUT2D eigenvalue weighted by Gasteiger charge is -2.23. The maximum atomic E-state index is 11.8. The fraction of sp³-hybridized carbons (Fsp3) is 0.762. The molecular weight excluding hydrogens is 376 g/mol. The molecule has 0 radical (unpaired) electrons. The van der Waals surface area contributed by atoms with Crippen LogP contribution in [-0.4, -0.2) is 66.4 Å². The number of ether oxygens (including phenoxy) is 2. The van der Waals surface area contributed by atoms with E-state index in [0.29, 0.717) is 26.0 Å². The quantitative estimate of drug-likeness (QED) is 0.657. The SMILES string of the molecule is C=CCOC.CC.CC(C)(C)OC(=O)NCC(=O)N1CCCC1C(=O)O.CCC. The van der Waals surface area contributed by atoms with E-state index in [1.807, 2.05) is 13.8 Å². The van der Waals surface area contributed by atoms with Crippen LogP contribution in [0, 0.1) is 0 Å². The van der Waals surface area contributed by atoms with Gasteiger partial charge in [-0.1, -0.05) is 40.2 Å². The van der Waals surface area contributed by atoms with Gasteiger partial charge in [0.15, 0.2) is 0 Å². The number of carbonyl (C=O) groups excluding carboxylic acids is 2. The number of alkyl carbamates (subject to hydrolysis) is 1. The number of carbonyl (C=O) groups is 3. The number of carboxylic acids is 1. The lowest BCUT2D eigenvalue weighted by atomic mass is 10.2. The predicted octanol–water partition coefficient (Wildman–Crippen LogP) is 3.85. The molecule has 1 saturated heterocycles. The van der Waals surface area contributed by atoms with Gasteiger partial charge in [0, 0.05) is 13.7 Å². The Morgan fingerprint density at radius 3 is 2.10 bits per heavy atom. The highest BCUT2D eigenvalue weighted by molar-refractivity contribution is 5.87. The summed E-state index contributed by atoms with van der Waals surface area (Å²) < 4.78 is 9.56. The molecule has 29 heavy (non-hydrogen) atoms. The fourth-order valence-electron chi connectivity index (χ4n) is 2.00. The van der Waals surface area contributed by atoms with Crippen LogP contribution in [0.4, 0.5) is 4.79 Å². The van der Waals surface area contributed by atoms with Crippen molar-refractivity contribution in [2.75, 3.05) is 26.8 Å². The maximum Gasteiger partial charge on any atom is 0.408 e. The maximum absolute atomic E-state index is 11.8. The van der Waals surface area contributed by atoms with Crippen LogP contribution < -0.4 is 5.32 Å². The number of methoxy groups -OCH3 is 1. The van der Waals surface area contributed by atoms with Crippen LogP contribution in [0.25, 0.3) is 0 Å². The molecule has 0 aromatic rings. The van der Waals surface area contributed by atoms with E-state index in [1.165, 1.54) is 11.3 Å². The third-order valence-electron chi connectivity index (χ3n) is 2.93. The molecule has 1 aliphatic rings. The Morgan fingerprint density at radius 1 is 1.24 bits per heavy atom. The average molecular weight is 419 g/mol. The van der Waals surface area contributed by atoms with Crippen LogP contribution in [0.3, 0.4) is 0 Å². The van der Waals surface area contributed by atoms with Crippen molar-refractivity contribution in [2.24, 2.45) is 0 Å². The van der Waals surface area contributed by atoms with Gasteiger partial charge in [0.1, 0.15) is 18.2 Å². The van der Waals surface area contributed by atoms with Crippen molar-refractivity contribution >= 4 is 18.0 Å². The van der Waals surface area contributed by atoms with Gasteiger partial charge in [-0.2, -0.15) is 0 Å². The molecule has 8 heteroatoms. The summed E-state index contributed by atoms with van der Waals surface area (Å²) in [6.07, 6.45) is 3.38. The van der Waals surface area contributed by atoms with Gasteiger partial charge in [0.25, 0.3) is 0 Å². The number of likely N-dealkylation sites (tertiary alicyclic amines) is 1. The number of aliphatic carboxylic acids is 1. The van der Waals surface area contributed by atoms with Gasteiger partial charge in [0.05, 0.1) is 6.61 Å². The van der Waals surface area contributed by atoms with E-state index in [-0.39, 0.29) is 6.54 Å². The Hall–Kier alpha value is -2.09. The van der Waals surface area contributed by atoms with Crippen molar-refractivity contribution in [3.8, 4) is 0 Å². The van der Waals surface area contributed by atoms with Gasteiger partial charge in [-0.05, 0) is 33.6 Å². The van der Waals surface area contributed by atoms with E-state index in [1.54, 1.807) is 34.0 Å². The highest BCUT2D eigenvalue weighted by Gasteiger charge is 2.33. The zero-order chi connectivity index (χ0) is 23.5. The van der Waals surface area contributed by atoms with Gasteiger partial charge in [-0.25, -0.2) is 9.59 Å². The van der Waals surface area contributed by atoms with Crippen LogP contribution >= 0.6 is 0 Å². The van der Waals surface area contributed by atoms with Gasteiger partial charge in [-0.15, -0.1) is 6.58 Å². The van der Waals surface area contributed by atoms with Crippen molar-refractivity contribution in [3.63, 3.8) is 0 Å². The minimum absolute atomic E-state index is 0.251. The van der Waals surface area contributed by atoms with E-state index in [9.17, 15) is 14.4 Å². The average Bonchev–Trinajstić information content (AvgIpc) is 3.12. The zero-order valence-electron chi connectivity index (χ0n) is 19.5. The standard InChI is InChI=1S/C12H20N2O5.C4H8O.C3H8.C2H6/c1-12(2,3)19-11(18)13-7-9(15)14-6-4-5-8(14)10(16)17;1-3-4-5-2;1-3-2;1-2/h8H,4-7H2,1-3H3,(H,13,18)(H,16,17);3H,1,4H2,2H3;3H2,1-2H3;1-2H3. The first-order valence-corrected chi connectivity index (χ1v) is 10.1. The first-order valence-electron chi connectivity index (χ1n) is 10.1. The number of nitrogens with one attached hydrogen (secondary N) is 1. The van der Waals surface area contributed by atoms with Crippen LogP contribution in [-0.2, 0) is 19.1 Å². The molecule has 0 saturated carbocycles. The molecule has 1 atom stereocenters. The second-order valence-electron chi connectivity index (χ2n) is 6.89. The summed E-state index contributed by atoms with van der Waals surface area (Å²) in [7, 11) is 1.64. The number of amides is 2. The van der Waals surface area contributed by atoms with Crippen LogP contribution in [0.5, 0.6) is 0 Å². The lowest BCUT2D eigenvalue weighted by Crippen LogP contribution is -2.46. The molecule has 0 aromatic heterocycles. The third kappa shape index (κ3) is 19.0. The molecule has 0 spiro atoms. The number of hydrogen-bond acceptors (Lipinski definition) is 5. The van der Waals surface area contributed by atoms with Gasteiger partial charge in [-0.3, -0.25) is 4.79 Å². The van der Waals surface area contributed by atoms with Crippen molar-refractivity contribution in [3.05, 3.63) is 12.7 Å². The Kier molecular flexibility index (Phi) is 21.0. The first-order chi connectivity index (χ1) is 13.5. The Balaban J connectivity index is -0.000000567. The van der Waals surface area contributed by atoms with Crippen molar-refractivity contribution in [1.82, 2.24) is 10.2 Å². The molecule has 0 aromatic carbocycles. The molecule has 2 N–H and O–H groups in total. The molecular formula is C21H42N2O6. The van der Waals surface area contributed by atoms with Gasteiger partial charge >= 0.3 is 12.1 Å². The summed E-state index contributed by atoms with van der Waals surface area (Å²) in [4.78, 5) is 35.4. The van der Waals surface area contributed by atoms with E-state index >= 15 is 0 Å². The molecule has 1 unspecified atom stereocenters. The second kappa shape index (κ2) is 19.2. The molecule has 2 amide bonds. The third-order valence-corrected chi connectivity index (χ3v) is 2.93. The van der Waals surface area contributed by atoms with Crippen LogP contribution in [0.15, 0.2) is 12.7 Å². The predicted molar refractivity (Wildman–Crippen MR) is 116 cm³/mol. The minimum atomic E-state index is -1.01. The zero-order valence-corrected chi connectivity index (χ0v) is 19.5.